The lowest BCUT2D eigenvalue weighted by Gasteiger charge is -2.55. The molecule has 5 heteroatoms. The normalized spacial score (nSPS) is 35.6. The highest BCUT2D eigenvalue weighted by Gasteiger charge is 2.54. The van der Waals surface area contributed by atoms with Gasteiger partial charge in [-0.2, -0.15) is 0 Å². The number of benzene rings is 1. The Kier molecular flexibility index (Phi) is 4.89. The lowest BCUT2D eigenvalue weighted by Crippen LogP contribution is -2.53. The summed E-state index contributed by atoms with van der Waals surface area (Å²) in [6.07, 6.45) is 7.42. The third-order valence-corrected chi connectivity index (χ3v) is 7.70. The minimum Gasteiger partial charge on any atom is -0.375 e. The molecule has 5 nitrogen and oxygen atoms in total. The molecule has 1 N–H and O–H groups in total. The van der Waals surface area contributed by atoms with Crippen molar-refractivity contribution in [2.24, 2.45) is 23.2 Å². The number of morpholine rings is 1. The molecule has 0 spiro atoms. The van der Waals surface area contributed by atoms with Crippen LogP contribution in [0.4, 0.5) is 0 Å². The van der Waals surface area contributed by atoms with E-state index < -0.39 is 0 Å². The molecule has 156 valence electrons. The second-order valence-electron chi connectivity index (χ2n) is 10.0. The van der Waals surface area contributed by atoms with Crippen LogP contribution in [0, 0.1) is 23.2 Å². The Bertz CT molecular complexity index is 753. The Balaban J connectivity index is 1.19. The fraction of sp³-hybridized carbons (Fsp3) is 0.667. The van der Waals surface area contributed by atoms with Crippen LogP contribution >= 0.6 is 0 Å². The second-order valence-corrected chi connectivity index (χ2v) is 10.0. The highest BCUT2D eigenvalue weighted by atomic mass is 16.5. The Morgan fingerprint density at radius 3 is 2.28 bits per heavy atom. The highest BCUT2D eigenvalue weighted by molar-refractivity contribution is 5.94. The third-order valence-electron chi connectivity index (χ3n) is 7.70. The number of nitrogens with one attached hydrogen (secondary N) is 1. The molecule has 0 radical (unpaired) electrons. The van der Waals surface area contributed by atoms with E-state index in [0.717, 1.165) is 42.6 Å². The van der Waals surface area contributed by atoms with Crippen molar-refractivity contribution in [3.8, 4) is 0 Å². The summed E-state index contributed by atoms with van der Waals surface area (Å²) in [7, 11) is 0. The van der Waals surface area contributed by atoms with Gasteiger partial charge in [0.2, 0.25) is 5.91 Å². The lowest BCUT2D eigenvalue weighted by atomic mass is 9.49. The van der Waals surface area contributed by atoms with Gasteiger partial charge in [-0.25, -0.2) is 0 Å². The van der Waals surface area contributed by atoms with Crippen molar-refractivity contribution in [2.45, 2.75) is 58.1 Å². The average Bonchev–Trinajstić information content (AvgIpc) is 2.71. The molecule has 2 amide bonds. The number of nitrogens with zero attached hydrogens (tertiary/aromatic N) is 1. The van der Waals surface area contributed by atoms with Crippen LogP contribution < -0.4 is 5.32 Å². The minimum absolute atomic E-state index is 0.0595. The van der Waals surface area contributed by atoms with E-state index in [4.69, 9.17) is 4.74 Å². The molecule has 1 aromatic carbocycles. The number of rotatable bonds is 4. The second kappa shape index (κ2) is 7.42. The Morgan fingerprint density at radius 2 is 1.69 bits per heavy atom. The first-order chi connectivity index (χ1) is 14.0. The fourth-order valence-electron chi connectivity index (χ4n) is 6.71. The highest BCUT2D eigenvalue weighted by Crippen LogP contribution is 2.60. The van der Waals surface area contributed by atoms with Crippen molar-refractivity contribution < 1.29 is 14.3 Å². The first kappa shape index (κ1) is 19.1. The topological polar surface area (TPSA) is 58.6 Å². The van der Waals surface area contributed by atoms with Crippen molar-refractivity contribution in [3.05, 3.63) is 35.4 Å². The fourth-order valence-corrected chi connectivity index (χ4v) is 6.71. The van der Waals surface area contributed by atoms with Gasteiger partial charge in [0.25, 0.3) is 5.91 Å². The molecule has 0 aromatic heterocycles. The van der Waals surface area contributed by atoms with E-state index in [0.29, 0.717) is 31.8 Å². The predicted molar refractivity (Wildman–Crippen MR) is 110 cm³/mol. The molecule has 4 bridgehead atoms. The Labute approximate surface area is 173 Å². The first-order valence-electron chi connectivity index (χ1n) is 11.3. The van der Waals surface area contributed by atoms with Gasteiger partial charge in [0.05, 0.1) is 12.7 Å². The van der Waals surface area contributed by atoms with Crippen LogP contribution in [0.2, 0.25) is 0 Å². The number of hydrogen-bond acceptors (Lipinski definition) is 3. The summed E-state index contributed by atoms with van der Waals surface area (Å²) >= 11 is 0. The van der Waals surface area contributed by atoms with Gasteiger partial charge in [0, 0.05) is 30.6 Å². The molecule has 5 fully saturated rings. The van der Waals surface area contributed by atoms with E-state index >= 15 is 0 Å². The summed E-state index contributed by atoms with van der Waals surface area (Å²) in [6, 6.07) is 7.71. The maximum Gasteiger partial charge on any atom is 0.254 e. The number of hydrogen-bond donors (Lipinski definition) is 1. The van der Waals surface area contributed by atoms with Gasteiger partial charge in [-0.05, 0) is 80.9 Å². The smallest absolute Gasteiger partial charge is 0.254 e. The van der Waals surface area contributed by atoms with Crippen molar-refractivity contribution >= 4 is 11.8 Å². The number of amides is 2. The van der Waals surface area contributed by atoms with Crippen LogP contribution in [0.25, 0.3) is 0 Å². The number of carbonyl (C=O) groups excluding carboxylic acids is 2. The number of carbonyl (C=O) groups is 2. The molecular formula is C24H32N2O3. The van der Waals surface area contributed by atoms with E-state index in [1.807, 2.05) is 36.1 Å². The zero-order valence-corrected chi connectivity index (χ0v) is 17.4. The molecule has 1 heterocycles. The summed E-state index contributed by atoms with van der Waals surface area (Å²) in [6.45, 7) is 4.42. The summed E-state index contributed by atoms with van der Waals surface area (Å²) in [5.41, 5.74) is 1.66. The molecular weight excluding hydrogens is 364 g/mol. The maximum absolute atomic E-state index is 13.1. The third kappa shape index (κ3) is 3.70. The van der Waals surface area contributed by atoms with Gasteiger partial charge >= 0.3 is 0 Å². The van der Waals surface area contributed by atoms with Crippen LogP contribution in [0.1, 0.15) is 61.4 Å². The van der Waals surface area contributed by atoms with E-state index in [1.54, 1.807) is 0 Å². The Hall–Kier alpha value is -1.88. The van der Waals surface area contributed by atoms with Gasteiger partial charge in [-0.3, -0.25) is 9.59 Å². The number of ether oxygens (including phenoxy) is 1. The standard InChI is InChI=1S/C24H32N2O3/c1-16-15-26(6-7-29-16)22(27)21-4-2-17(3-5-21)14-25-23(28)24-11-18-8-19(12-24)10-20(9-18)13-24/h2-5,16,18-20H,6-15H2,1H3,(H,25,28)/t16-,18?,19?,20?,24?/m0/s1. The van der Waals surface area contributed by atoms with Crippen LogP contribution in [0.15, 0.2) is 24.3 Å². The van der Waals surface area contributed by atoms with E-state index in [2.05, 4.69) is 5.32 Å². The van der Waals surface area contributed by atoms with Gasteiger partial charge in [0.1, 0.15) is 0 Å². The van der Waals surface area contributed by atoms with Gasteiger partial charge in [0.15, 0.2) is 0 Å². The van der Waals surface area contributed by atoms with Crippen molar-refractivity contribution in [1.82, 2.24) is 10.2 Å². The molecule has 4 saturated carbocycles. The molecule has 6 rings (SSSR count). The summed E-state index contributed by atoms with van der Waals surface area (Å²) in [5, 5.41) is 3.22. The zero-order valence-electron chi connectivity index (χ0n) is 17.4. The van der Waals surface area contributed by atoms with Crippen LogP contribution in [0.5, 0.6) is 0 Å². The zero-order chi connectivity index (χ0) is 20.0. The molecule has 1 saturated heterocycles. The summed E-state index contributed by atoms with van der Waals surface area (Å²) in [5.74, 6) is 2.66. The maximum atomic E-state index is 13.1. The molecule has 4 aliphatic carbocycles. The molecule has 1 atom stereocenters. The SMILES string of the molecule is C[C@H]1CN(C(=O)c2ccc(CNC(=O)C34CC5CC(CC(C5)C3)C4)cc2)CCO1. The van der Waals surface area contributed by atoms with E-state index in [9.17, 15) is 9.59 Å². The quantitative estimate of drug-likeness (QED) is 0.849. The minimum atomic E-state index is -0.0995. The van der Waals surface area contributed by atoms with Gasteiger partial charge in [-0.15, -0.1) is 0 Å². The van der Waals surface area contributed by atoms with Crippen LogP contribution in [-0.4, -0.2) is 42.5 Å². The Morgan fingerprint density at radius 1 is 1.07 bits per heavy atom. The molecule has 29 heavy (non-hydrogen) atoms. The van der Waals surface area contributed by atoms with E-state index in [-0.39, 0.29) is 23.3 Å². The monoisotopic (exact) mass is 396 g/mol. The van der Waals surface area contributed by atoms with Crippen molar-refractivity contribution in [1.29, 1.82) is 0 Å². The van der Waals surface area contributed by atoms with Crippen molar-refractivity contribution in [3.63, 3.8) is 0 Å². The summed E-state index contributed by atoms with van der Waals surface area (Å²) in [4.78, 5) is 27.6. The van der Waals surface area contributed by atoms with Gasteiger partial charge < -0.3 is 15.0 Å². The van der Waals surface area contributed by atoms with Gasteiger partial charge in [-0.1, -0.05) is 12.1 Å². The summed E-state index contributed by atoms with van der Waals surface area (Å²) < 4.78 is 5.52. The molecule has 5 aliphatic rings. The predicted octanol–water partition coefficient (Wildman–Crippen LogP) is 3.38. The average molecular weight is 397 g/mol. The van der Waals surface area contributed by atoms with Crippen molar-refractivity contribution in [2.75, 3.05) is 19.7 Å². The van der Waals surface area contributed by atoms with Crippen LogP contribution in [-0.2, 0) is 16.1 Å². The molecule has 1 aromatic rings. The lowest BCUT2D eigenvalue weighted by molar-refractivity contribution is -0.146. The van der Waals surface area contributed by atoms with E-state index in [1.165, 1.54) is 19.3 Å². The van der Waals surface area contributed by atoms with Crippen LogP contribution in [0.3, 0.4) is 0 Å². The first-order valence-corrected chi connectivity index (χ1v) is 11.3. The molecule has 1 aliphatic heterocycles. The largest absolute Gasteiger partial charge is 0.375 e. The molecule has 0 unspecified atom stereocenters.